The first-order chi connectivity index (χ1) is 12.9. The largest absolute Gasteiger partial charge is 0.497 e. The van der Waals surface area contributed by atoms with Gasteiger partial charge < -0.3 is 10.1 Å². The number of carbonyl (C=O) groups is 1. The number of ether oxygens (including phenoxy) is 1. The summed E-state index contributed by atoms with van der Waals surface area (Å²) < 4.78 is 6.16. The number of halogens is 1. The van der Waals surface area contributed by atoms with E-state index in [2.05, 4.69) is 45.5 Å². The molecule has 0 aliphatic rings. The van der Waals surface area contributed by atoms with Crippen LogP contribution in [-0.2, 0) is 11.3 Å². The van der Waals surface area contributed by atoms with Gasteiger partial charge in [0.25, 0.3) is 0 Å². The van der Waals surface area contributed by atoms with E-state index >= 15 is 0 Å². The van der Waals surface area contributed by atoms with Crippen molar-refractivity contribution in [2.75, 3.05) is 26.0 Å². The third kappa shape index (κ3) is 5.08. The Morgan fingerprint density at radius 2 is 1.81 bits per heavy atom. The Morgan fingerprint density at radius 1 is 1.07 bits per heavy atom. The molecule has 0 spiro atoms. The van der Waals surface area contributed by atoms with Crippen LogP contribution in [0.15, 0.2) is 59.1 Å². The van der Waals surface area contributed by atoms with Gasteiger partial charge in [-0.25, -0.2) is 0 Å². The van der Waals surface area contributed by atoms with Crippen LogP contribution in [0.25, 0.3) is 10.8 Å². The quantitative estimate of drug-likeness (QED) is 0.603. The van der Waals surface area contributed by atoms with Gasteiger partial charge in [0.05, 0.1) is 19.3 Å². The fourth-order valence-electron chi connectivity index (χ4n) is 3.02. The number of likely N-dealkylation sites (N-methyl/N-ethyl adjacent to an activating group) is 1. The first kappa shape index (κ1) is 19.4. The molecule has 0 aliphatic carbocycles. The average Bonchev–Trinajstić information content (AvgIpc) is 2.63. The Balaban J connectivity index is 1.62. The van der Waals surface area contributed by atoms with E-state index in [1.807, 2.05) is 49.2 Å². The minimum atomic E-state index is -0.0346. The Morgan fingerprint density at radius 3 is 2.56 bits per heavy atom. The highest BCUT2D eigenvalue weighted by molar-refractivity contribution is 9.10. The highest BCUT2D eigenvalue weighted by Gasteiger charge is 2.10. The lowest BCUT2D eigenvalue weighted by molar-refractivity contribution is -0.117. The Bertz CT molecular complexity index is 972. The summed E-state index contributed by atoms with van der Waals surface area (Å²) in [5.74, 6) is 0.818. The number of carbonyl (C=O) groups excluding carboxylic acids is 1. The maximum Gasteiger partial charge on any atom is 0.238 e. The lowest BCUT2D eigenvalue weighted by atomic mass is 10.1. The molecule has 0 fully saturated rings. The SMILES string of the molecule is COc1ccc2cc(CN(C)CC(=O)Nc3ccc(C)cc3Br)ccc2c1. The number of amides is 1. The molecule has 5 heteroatoms. The van der Waals surface area contributed by atoms with Crippen LogP contribution in [0.2, 0.25) is 0 Å². The van der Waals surface area contributed by atoms with Crippen LogP contribution in [-0.4, -0.2) is 31.5 Å². The molecule has 3 aromatic rings. The molecule has 3 aromatic carbocycles. The zero-order valence-electron chi connectivity index (χ0n) is 15.8. The molecule has 0 bridgehead atoms. The Kier molecular flexibility index (Phi) is 6.14. The molecule has 140 valence electrons. The monoisotopic (exact) mass is 426 g/mol. The standard InChI is InChI=1S/C22H23BrN2O2/c1-15-4-9-21(20(23)10-15)24-22(26)14-25(2)13-16-5-6-18-12-19(27-3)8-7-17(18)11-16/h4-12H,13-14H2,1-3H3,(H,24,26). The molecule has 1 N–H and O–H groups in total. The third-order valence-electron chi connectivity index (χ3n) is 4.38. The van der Waals surface area contributed by atoms with Gasteiger partial charge in [0.1, 0.15) is 5.75 Å². The van der Waals surface area contributed by atoms with E-state index in [0.717, 1.165) is 32.2 Å². The van der Waals surface area contributed by atoms with Crippen molar-refractivity contribution in [1.29, 1.82) is 0 Å². The van der Waals surface area contributed by atoms with Crippen molar-refractivity contribution in [2.24, 2.45) is 0 Å². The van der Waals surface area contributed by atoms with Crippen molar-refractivity contribution in [3.05, 3.63) is 70.2 Å². The molecule has 27 heavy (non-hydrogen) atoms. The second kappa shape index (κ2) is 8.55. The Labute approximate surface area is 168 Å². The Hall–Kier alpha value is -2.37. The summed E-state index contributed by atoms with van der Waals surface area (Å²) in [5, 5.41) is 5.26. The fraction of sp³-hybridized carbons (Fsp3) is 0.227. The minimum Gasteiger partial charge on any atom is -0.497 e. The van der Waals surface area contributed by atoms with E-state index in [1.54, 1.807) is 7.11 Å². The highest BCUT2D eigenvalue weighted by Crippen LogP contribution is 2.24. The van der Waals surface area contributed by atoms with Crippen molar-refractivity contribution >= 4 is 38.3 Å². The number of nitrogens with one attached hydrogen (secondary N) is 1. The number of aryl methyl sites for hydroxylation is 1. The van der Waals surface area contributed by atoms with Gasteiger partial charge in [-0.1, -0.05) is 24.3 Å². The van der Waals surface area contributed by atoms with Gasteiger partial charge >= 0.3 is 0 Å². The maximum absolute atomic E-state index is 12.3. The number of nitrogens with zero attached hydrogens (tertiary/aromatic N) is 1. The third-order valence-corrected chi connectivity index (χ3v) is 5.03. The van der Waals surface area contributed by atoms with Crippen LogP contribution in [0.1, 0.15) is 11.1 Å². The zero-order valence-corrected chi connectivity index (χ0v) is 17.3. The highest BCUT2D eigenvalue weighted by atomic mass is 79.9. The van der Waals surface area contributed by atoms with Crippen LogP contribution in [0.4, 0.5) is 5.69 Å². The van der Waals surface area contributed by atoms with Gasteiger partial charge in [0.15, 0.2) is 0 Å². The molecule has 3 rings (SSSR count). The number of methoxy groups -OCH3 is 1. The molecule has 0 heterocycles. The second-order valence-corrected chi connectivity index (χ2v) is 7.61. The van der Waals surface area contributed by atoms with Gasteiger partial charge in [-0.15, -0.1) is 0 Å². The number of anilines is 1. The summed E-state index contributed by atoms with van der Waals surface area (Å²) in [6, 6.07) is 18.3. The normalized spacial score (nSPS) is 11.0. The second-order valence-electron chi connectivity index (χ2n) is 6.75. The number of rotatable bonds is 6. The topological polar surface area (TPSA) is 41.6 Å². The molecular weight excluding hydrogens is 404 g/mol. The molecule has 0 radical (unpaired) electrons. The number of hydrogen-bond acceptors (Lipinski definition) is 3. The predicted molar refractivity (Wildman–Crippen MR) is 114 cm³/mol. The van der Waals surface area contributed by atoms with E-state index in [0.29, 0.717) is 13.1 Å². The molecule has 0 unspecified atom stereocenters. The summed E-state index contributed by atoms with van der Waals surface area (Å²) in [6.07, 6.45) is 0. The average molecular weight is 427 g/mol. The van der Waals surface area contributed by atoms with Gasteiger partial charge in [-0.3, -0.25) is 9.69 Å². The number of fused-ring (bicyclic) bond motifs is 1. The van der Waals surface area contributed by atoms with E-state index in [9.17, 15) is 4.79 Å². The van der Waals surface area contributed by atoms with Gasteiger partial charge in [0.2, 0.25) is 5.91 Å². The van der Waals surface area contributed by atoms with Gasteiger partial charge in [-0.2, -0.15) is 0 Å². The summed E-state index contributed by atoms with van der Waals surface area (Å²) in [5.41, 5.74) is 3.10. The maximum atomic E-state index is 12.3. The van der Waals surface area contributed by atoms with Crippen LogP contribution >= 0.6 is 15.9 Å². The molecule has 0 saturated carbocycles. The summed E-state index contributed by atoms with van der Waals surface area (Å²) in [7, 11) is 3.62. The van der Waals surface area contributed by atoms with Crippen LogP contribution in [0, 0.1) is 6.92 Å². The summed E-state index contributed by atoms with van der Waals surface area (Å²) in [4.78, 5) is 14.3. The molecule has 0 aromatic heterocycles. The fourth-order valence-corrected chi connectivity index (χ4v) is 3.61. The summed E-state index contributed by atoms with van der Waals surface area (Å²) in [6.45, 7) is 3.04. The van der Waals surface area contributed by atoms with Crippen molar-refractivity contribution in [2.45, 2.75) is 13.5 Å². The first-order valence-corrected chi connectivity index (χ1v) is 9.55. The van der Waals surface area contributed by atoms with E-state index < -0.39 is 0 Å². The van der Waals surface area contributed by atoms with Crippen molar-refractivity contribution < 1.29 is 9.53 Å². The molecule has 4 nitrogen and oxygen atoms in total. The molecule has 0 saturated heterocycles. The van der Waals surface area contributed by atoms with Crippen LogP contribution in [0.3, 0.4) is 0 Å². The van der Waals surface area contributed by atoms with E-state index in [-0.39, 0.29) is 5.91 Å². The molecule has 0 atom stereocenters. The lowest BCUT2D eigenvalue weighted by Gasteiger charge is -2.17. The zero-order chi connectivity index (χ0) is 19.4. The van der Waals surface area contributed by atoms with Crippen molar-refractivity contribution in [3.63, 3.8) is 0 Å². The minimum absolute atomic E-state index is 0.0346. The number of benzene rings is 3. The van der Waals surface area contributed by atoms with Gasteiger partial charge in [-0.05, 0) is 82.1 Å². The van der Waals surface area contributed by atoms with E-state index in [4.69, 9.17) is 4.74 Å². The van der Waals surface area contributed by atoms with E-state index in [1.165, 1.54) is 5.56 Å². The first-order valence-electron chi connectivity index (χ1n) is 8.76. The van der Waals surface area contributed by atoms with Crippen LogP contribution in [0.5, 0.6) is 5.75 Å². The number of hydrogen-bond donors (Lipinski definition) is 1. The molecule has 0 aliphatic heterocycles. The molecular formula is C22H23BrN2O2. The van der Waals surface area contributed by atoms with Crippen molar-refractivity contribution in [3.8, 4) is 5.75 Å². The van der Waals surface area contributed by atoms with Gasteiger partial charge in [0, 0.05) is 11.0 Å². The smallest absolute Gasteiger partial charge is 0.238 e. The predicted octanol–water partition coefficient (Wildman–Crippen LogP) is 4.99. The lowest BCUT2D eigenvalue weighted by Crippen LogP contribution is -2.29. The van der Waals surface area contributed by atoms with Crippen molar-refractivity contribution in [1.82, 2.24) is 4.90 Å². The van der Waals surface area contributed by atoms with Crippen LogP contribution < -0.4 is 10.1 Å². The summed E-state index contributed by atoms with van der Waals surface area (Å²) >= 11 is 3.49. The molecule has 1 amide bonds.